The Balaban J connectivity index is 1.58. The van der Waals surface area contributed by atoms with Crippen molar-refractivity contribution in [3.63, 3.8) is 0 Å². The number of methoxy groups -OCH3 is 1. The second-order valence-electron chi connectivity index (χ2n) is 8.56. The lowest BCUT2D eigenvalue weighted by Crippen LogP contribution is -2.48. The van der Waals surface area contributed by atoms with Crippen molar-refractivity contribution in [2.45, 2.75) is 45.7 Å². The van der Waals surface area contributed by atoms with Crippen molar-refractivity contribution >= 4 is 0 Å². The summed E-state index contributed by atoms with van der Waals surface area (Å²) < 4.78 is 16.9. The van der Waals surface area contributed by atoms with Gasteiger partial charge < -0.3 is 14.2 Å². The lowest BCUT2D eigenvalue weighted by Gasteiger charge is -2.42. The Morgan fingerprint density at radius 2 is 1.87 bits per heavy atom. The third kappa shape index (κ3) is 4.14. The van der Waals surface area contributed by atoms with Gasteiger partial charge in [-0.25, -0.2) is 0 Å². The van der Waals surface area contributed by atoms with Gasteiger partial charge in [-0.2, -0.15) is 0 Å². The lowest BCUT2D eigenvalue weighted by molar-refractivity contribution is 0.0683. The second-order valence-corrected chi connectivity index (χ2v) is 8.56. The van der Waals surface area contributed by atoms with Gasteiger partial charge in [0.1, 0.15) is 0 Å². The molecule has 2 heterocycles. The molecular weight excluding hydrogens is 376 g/mol. The van der Waals surface area contributed by atoms with Crippen molar-refractivity contribution in [2.75, 3.05) is 40.1 Å². The largest absolute Gasteiger partial charge is 0.493 e. The zero-order chi connectivity index (χ0) is 21.1. The molecular formula is C25H34N2O3. The van der Waals surface area contributed by atoms with Gasteiger partial charge in [0.2, 0.25) is 12.5 Å². The molecule has 30 heavy (non-hydrogen) atoms. The molecule has 2 aliphatic heterocycles. The fourth-order valence-corrected chi connectivity index (χ4v) is 4.76. The Hall–Kier alpha value is -2.24. The molecule has 5 heteroatoms. The molecule has 0 bridgehead atoms. The molecule has 2 aromatic rings. The molecule has 1 unspecified atom stereocenters. The summed E-state index contributed by atoms with van der Waals surface area (Å²) in [6.07, 6.45) is 1.18. The van der Waals surface area contributed by atoms with Crippen LogP contribution in [0.1, 0.15) is 55.8 Å². The average molecular weight is 411 g/mol. The van der Waals surface area contributed by atoms with E-state index in [0.717, 1.165) is 50.0 Å². The first kappa shape index (κ1) is 21.0. The highest BCUT2D eigenvalue weighted by molar-refractivity contribution is 5.57. The van der Waals surface area contributed by atoms with Crippen LogP contribution in [0, 0.1) is 0 Å². The topological polar surface area (TPSA) is 34.2 Å². The average Bonchev–Trinajstić information content (AvgIpc) is 3.26. The maximum atomic E-state index is 5.80. The van der Waals surface area contributed by atoms with Crippen LogP contribution in [0.2, 0.25) is 0 Å². The molecule has 1 fully saturated rings. The van der Waals surface area contributed by atoms with Gasteiger partial charge in [0.25, 0.3) is 0 Å². The summed E-state index contributed by atoms with van der Waals surface area (Å²) in [6.45, 7) is 12.3. The highest BCUT2D eigenvalue weighted by atomic mass is 16.7. The number of fused-ring (bicyclic) bond motifs is 1. The predicted molar refractivity (Wildman–Crippen MR) is 120 cm³/mol. The third-order valence-electron chi connectivity index (χ3n) is 6.24. The minimum Gasteiger partial charge on any atom is -0.493 e. The SMILES string of the molecule is CCCN1CCN(Cc2ccc(OC)c3c2OCO3)CC1c1ccccc1C(C)C. The molecule has 0 saturated carbocycles. The van der Waals surface area contributed by atoms with E-state index >= 15 is 0 Å². The van der Waals surface area contributed by atoms with E-state index in [0.29, 0.717) is 12.0 Å². The molecule has 0 radical (unpaired) electrons. The van der Waals surface area contributed by atoms with E-state index in [1.54, 1.807) is 7.11 Å². The molecule has 0 amide bonds. The summed E-state index contributed by atoms with van der Waals surface area (Å²) in [4.78, 5) is 5.22. The van der Waals surface area contributed by atoms with Gasteiger partial charge in [0, 0.05) is 37.8 Å². The fraction of sp³-hybridized carbons (Fsp3) is 0.520. The van der Waals surface area contributed by atoms with E-state index in [9.17, 15) is 0 Å². The number of hydrogen-bond donors (Lipinski definition) is 0. The zero-order valence-electron chi connectivity index (χ0n) is 18.7. The van der Waals surface area contributed by atoms with Gasteiger partial charge in [-0.15, -0.1) is 0 Å². The molecule has 2 aliphatic rings. The van der Waals surface area contributed by atoms with Crippen LogP contribution in [0.15, 0.2) is 36.4 Å². The predicted octanol–water partition coefficient (Wildman–Crippen LogP) is 4.82. The fourth-order valence-electron chi connectivity index (χ4n) is 4.76. The molecule has 2 aromatic carbocycles. The molecule has 1 saturated heterocycles. The van der Waals surface area contributed by atoms with E-state index < -0.39 is 0 Å². The third-order valence-corrected chi connectivity index (χ3v) is 6.24. The van der Waals surface area contributed by atoms with E-state index in [-0.39, 0.29) is 6.79 Å². The van der Waals surface area contributed by atoms with Crippen molar-refractivity contribution in [1.29, 1.82) is 0 Å². The smallest absolute Gasteiger partial charge is 0.231 e. The van der Waals surface area contributed by atoms with Crippen molar-refractivity contribution in [3.05, 3.63) is 53.1 Å². The molecule has 5 nitrogen and oxygen atoms in total. The van der Waals surface area contributed by atoms with E-state index in [4.69, 9.17) is 14.2 Å². The van der Waals surface area contributed by atoms with Crippen LogP contribution in [0.5, 0.6) is 17.2 Å². The second kappa shape index (κ2) is 9.27. The number of piperazine rings is 1. The highest BCUT2D eigenvalue weighted by Crippen LogP contribution is 2.44. The van der Waals surface area contributed by atoms with Gasteiger partial charge in [-0.3, -0.25) is 9.80 Å². The minimum atomic E-state index is 0.261. The number of benzene rings is 2. The Morgan fingerprint density at radius 1 is 1.07 bits per heavy atom. The number of ether oxygens (including phenoxy) is 3. The van der Waals surface area contributed by atoms with E-state index in [2.05, 4.69) is 60.9 Å². The molecule has 0 N–H and O–H groups in total. The van der Waals surface area contributed by atoms with Crippen molar-refractivity contribution in [1.82, 2.24) is 9.80 Å². The number of nitrogens with zero attached hydrogens (tertiary/aromatic N) is 2. The summed E-state index contributed by atoms with van der Waals surface area (Å²) in [5.74, 6) is 2.84. The van der Waals surface area contributed by atoms with E-state index in [1.165, 1.54) is 23.1 Å². The van der Waals surface area contributed by atoms with Crippen LogP contribution in [0.25, 0.3) is 0 Å². The molecule has 0 aliphatic carbocycles. The maximum Gasteiger partial charge on any atom is 0.231 e. The van der Waals surface area contributed by atoms with Crippen LogP contribution >= 0.6 is 0 Å². The molecule has 4 rings (SSSR count). The summed E-state index contributed by atoms with van der Waals surface area (Å²) in [5, 5.41) is 0. The Kier molecular flexibility index (Phi) is 6.49. The zero-order valence-corrected chi connectivity index (χ0v) is 18.7. The highest BCUT2D eigenvalue weighted by Gasteiger charge is 2.31. The van der Waals surface area contributed by atoms with Crippen LogP contribution < -0.4 is 14.2 Å². The standard InChI is InChI=1S/C25H34N2O3/c1-5-12-27-14-13-26(16-22(27)21-9-7-6-8-20(21)18(2)3)15-19-10-11-23(28-4)25-24(19)29-17-30-25/h6-11,18,22H,5,12-17H2,1-4H3. The lowest BCUT2D eigenvalue weighted by atomic mass is 9.90. The Morgan fingerprint density at radius 3 is 2.63 bits per heavy atom. The van der Waals surface area contributed by atoms with Crippen molar-refractivity contribution in [3.8, 4) is 17.2 Å². The van der Waals surface area contributed by atoms with Crippen molar-refractivity contribution in [2.24, 2.45) is 0 Å². The van der Waals surface area contributed by atoms with Crippen LogP contribution in [-0.2, 0) is 6.54 Å². The van der Waals surface area contributed by atoms with Crippen LogP contribution in [0.4, 0.5) is 0 Å². The summed E-state index contributed by atoms with van der Waals surface area (Å²) in [7, 11) is 1.67. The Labute approximate surface area is 180 Å². The molecule has 0 aromatic heterocycles. The first-order valence-corrected chi connectivity index (χ1v) is 11.1. The molecule has 1 atom stereocenters. The monoisotopic (exact) mass is 410 g/mol. The summed E-state index contributed by atoms with van der Waals surface area (Å²) in [5.41, 5.74) is 4.11. The Bertz CT molecular complexity index is 867. The first-order valence-electron chi connectivity index (χ1n) is 11.1. The van der Waals surface area contributed by atoms with E-state index in [1.807, 2.05) is 6.07 Å². The van der Waals surface area contributed by atoms with Gasteiger partial charge in [0.05, 0.1) is 7.11 Å². The molecule has 0 spiro atoms. The number of hydrogen-bond acceptors (Lipinski definition) is 5. The normalized spacial score (nSPS) is 19.4. The maximum absolute atomic E-state index is 5.80. The van der Waals surface area contributed by atoms with Crippen LogP contribution in [-0.4, -0.2) is 49.9 Å². The van der Waals surface area contributed by atoms with Gasteiger partial charge in [-0.05, 0) is 36.1 Å². The summed E-state index contributed by atoms with van der Waals surface area (Å²) >= 11 is 0. The van der Waals surface area contributed by atoms with Gasteiger partial charge in [-0.1, -0.05) is 51.1 Å². The quantitative estimate of drug-likeness (QED) is 0.654. The minimum absolute atomic E-state index is 0.261. The van der Waals surface area contributed by atoms with Crippen LogP contribution in [0.3, 0.4) is 0 Å². The summed E-state index contributed by atoms with van der Waals surface area (Å²) in [6, 6.07) is 13.5. The van der Waals surface area contributed by atoms with Gasteiger partial charge in [0.15, 0.2) is 11.5 Å². The molecule has 162 valence electrons. The number of rotatable bonds is 7. The first-order chi connectivity index (χ1) is 14.6. The van der Waals surface area contributed by atoms with Crippen molar-refractivity contribution < 1.29 is 14.2 Å². The van der Waals surface area contributed by atoms with Gasteiger partial charge >= 0.3 is 0 Å².